The Labute approximate surface area is 222 Å². The second-order valence-corrected chi connectivity index (χ2v) is 10.4. The zero-order valence-electron chi connectivity index (χ0n) is 20.8. The minimum Gasteiger partial charge on any atom is -0.322 e. The lowest BCUT2D eigenvalue weighted by molar-refractivity contribution is 0.102. The molecule has 5 rings (SSSR count). The summed E-state index contributed by atoms with van der Waals surface area (Å²) >= 11 is 0. The number of nitrogens with one attached hydrogen (secondary N) is 3. The minimum atomic E-state index is -3.94. The number of amides is 1. The van der Waals surface area contributed by atoms with E-state index < -0.39 is 27.2 Å². The fraction of sp³-hybridized carbons (Fsp3) is 0.0741. The van der Waals surface area contributed by atoms with E-state index in [1.807, 2.05) is 0 Å². The summed E-state index contributed by atoms with van der Waals surface area (Å²) in [6, 6.07) is 20.0. The normalized spacial score (nSPS) is 11.3. The molecule has 0 aliphatic carbocycles. The molecule has 0 spiro atoms. The maximum atomic E-state index is 12.8. The van der Waals surface area contributed by atoms with Gasteiger partial charge in [0.1, 0.15) is 0 Å². The molecule has 3 aromatic carbocycles. The molecule has 0 saturated heterocycles. The van der Waals surface area contributed by atoms with Crippen LogP contribution in [0.15, 0.2) is 93.3 Å². The molecular weight excluding hydrogens is 520 g/mol. The van der Waals surface area contributed by atoms with Crippen molar-refractivity contribution in [3.05, 3.63) is 117 Å². The number of benzene rings is 3. The Morgan fingerprint density at radius 2 is 1.51 bits per heavy atom. The summed E-state index contributed by atoms with van der Waals surface area (Å²) in [5.41, 5.74) is 1.57. The number of hydrogen-bond acceptors (Lipinski definition) is 7. The van der Waals surface area contributed by atoms with Gasteiger partial charge in [-0.25, -0.2) is 32.5 Å². The van der Waals surface area contributed by atoms with E-state index in [0.717, 1.165) is 4.57 Å². The molecule has 0 aliphatic rings. The SMILES string of the molecule is Cc1cc(C)nc(NS(=O)(=O)c2ccc(NC(=O)c3ccc(-n4c(=O)[nH]c5ccccc5c4=O)cc3)cc2)n1. The number of H-pyrrole nitrogens is 1. The highest BCUT2D eigenvalue weighted by Crippen LogP contribution is 2.18. The molecule has 0 unspecified atom stereocenters. The van der Waals surface area contributed by atoms with Crippen LogP contribution in [0.1, 0.15) is 21.7 Å². The average molecular weight is 543 g/mol. The van der Waals surface area contributed by atoms with Gasteiger partial charge in [-0.1, -0.05) is 12.1 Å². The van der Waals surface area contributed by atoms with E-state index in [2.05, 4.69) is 25.0 Å². The van der Waals surface area contributed by atoms with Crippen LogP contribution < -0.4 is 21.3 Å². The van der Waals surface area contributed by atoms with Crippen LogP contribution in [-0.2, 0) is 10.0 Å². The first kappa shape index (κ1) is 25.5. The highest BCUT2D eigenvalue weighted by molar-refractivity contribution is 7.92. The Hall–Kier alpha value is -5.10. The Morgan fingerprint density at radius 3 is 2.18 bits per heavy atom. The van der Waals surface area contributed by atoms with E-state index in [9.17, 15) is 22.8 Å². The lowest BCUT2D eigenvalue weighted by atomic mass is 10.1. The third-order valence-electron chi connectivity index (χ3n) is 5.82. The largest absolute Gasteiger partial charge is 0.333 e. The van der Waals surface area contributed by atoms with E-state index >= 15 is 0 Å². The standard InChI is InChI=1S/C27H22N6O5S/c1-16-15-17(2)29-26(28-16)32-39(37,38)21-13-9-19(10-14-21)30-24(34)18-7-11-20(12-8-18)33-25(35)22-5-3-4-6-23(22)31-27(33)36/h3-15H,1-2H3,(H,30,34)(H,31,36)(H,28,29,32). The smallest absolute Gasteiger partial charge is 0.322 e. The third-order valence-corrected chi connectivity index (χ3v) is 7.17. The number of para-hydroxylation sites is 1. The van der Waals surface area contributed by atoms with Crippen molar-refractivity contribution >= 4 is 38.5 Å². The van der Waals surface area contributed by atoms with E-state index in [1.165, 1.54) is 48.5 Å². The molecule has 0 atom stereocenters. The van der Waals surface area contributed by atoms with Crippen molar-refractivity contribution < 1.29 is 13.2 Å². The molecule has 5 aromatic rings. The van der Waals surface area contributed by atoms with Gasteiger partial charge in [0, 0.05) is 22.6 Å². The molecule has 1 amide bonds. The van der Waals surface area contributed by atoms with Crippen LogP contribution in [0.5, 0.6) is 0 Å². The molecule has 2 heterocycles. The third kappa shape index (κ3) is 5.31. The van der Waals surface area contributed by atoms with Crippen LogP contribution in [0.3, 0.4) is 0 Å². The van der Waals surface area contributed by atoms with Gasteiger partial charge in [0.2, 0.25) is 5.95 Å². The van der Waals surface area contributed by atoms with Crippen molar-refractivity contribution in [3.8, 4) is 5.69 Å². The summed E-state index contributed by atoms with van der Waals surface area (Å²) in [5, 5.41) is 3.05. The van der Waals surface area contributed by atoms with Gasteiger partial charge in [0.05, 0.1) is 21.5 Å². The molecule has 0 radical (unpaired) electrons. The predicted molar refractivity (Wildman–Crippen MR) is 147 cm³/mol. The maximum Gasteiger partial charge on any atom is 0.333 e. The summed E-state index contributed by atoms with van der Waals surface area (Å²) in [6.07, 6.45) is 0. The number of carbonyl (C=O) groups excluding carboxylic acids is 1. The first-order valence-electron chi connectivity index (χ1n) is 11.7. The summed E-state index contributed by atoms with van der Waals surface area (Å²) in [6.45, 7) is 3.47. The molecule has 196 valence electrons. The summed E-state index contributed by atoms with van der Waals surface area (Å²) < 4.78 is 28.8. The van der Waals surface area contributed by atoms with Gasteiger partial charge < -0.3 is 10.3 Å². The number of rotatable bonds is 6. The average Bonchev–Trinajstić information content (AvgIpc) is 2.88. The quantitative estimate of drug-likeness (QED) is 0.298. The summed E-state index contributed by atoms with van der Waals surface area (Å²) in [7, 11) is -3.94. The number of aromatic nitrogens is 4. The second-order valence-electron chi connectivity index (χ2n) is 8.72. The van der Waals surface area contributed by atoms with Crippen molar-refractivity contribution in [2.75, 3.05) is 10.0 Å². The first-order valence-corrected chi connectivity index (χ1v) is 13.2. The Bertz CT molecular complexity index is 1930. The van der Waals surface area contributed by atoms with Crippen LogP contribution in [-0.4, -0.2) is 33.8 Å². The molecule has 2 aromatic heterocycles. The second kappa shape index (κ2) is 9.99. The first-order chi connectivity index (χ1) is 18.6. The molecule has 0 saturated carbocycles. The van der Waals surface area contributed by atoms with E-state index in [1.54, 1.807) is 44.2 Å². The molecular formula is C27H22N6O5S. The molecule has 12 heteroatoms. The molecule has 11 nitrogen and oxygen atoms in total. The fourth-order valence-corrected chi connectivity index (χ4v) is 4.97. The number of sulfonamides is 1. The zero-order valence-corrected chi connectivity index (χ0v) is 21.6. The van der Waals surface area contributed by atoms with E-state index in [0.29, 0.717) is 33.7 Å². The van der Waals surface area contributed by atoms with Crippen LogP contribution in [0.4, 0.5) is 11.6 Å². The van der Waals surface area contributed by atoms with Crippen molar-refractivity contribution in [1.29, 1.82) is 0 Å². The number of hydrogen-bond donors (Lipinski definition) is 3. The maximum absolute atomic E-state index is 12.8. The van der Waals surface area contributed by atoms with Crippen LogP contribution in [0.25, 0.3) is 16.6 Å². The summed E-state index contributed by atoms with van der Waals surface area (Å²) in [4.78, 5) is 49.0. The van der Waals surface area contributed by atoms with Crippen LogP contribution in [0, 0.1) is 13.8 Å². The fourth-order valence-electron chi connectivity index (χ4n) is 4.03. The van der Waals surface area contributed by atoms with Crippen molar-refractivity contribution in [1.82, 2.24) is 19.5 Å². The van der Waals surface area contributed by atoms with Gasteiger partial charge in [-0.2, -0.15) is 0 Å². The van der Waals surface area contributed by atoms with Crippen LogP contribution in [0.2, 0.25) is 0 Å². The van der Waals surface area contributed by atoms with Gasteiger partial charge in [-0.05, 0) is 80.6 Å². The zero-order chi connectivity index (χ0) is 27.7. The number of anilines is 2. The van der Waals surface area contributed by atoms with Crippen molar-refractivity contribution in [3.63, 3.8) is 0 Å². The van der Waals surface area contributed by atoms with Gasteiger partial charge in [0.15, 0.2) is 0 Å². The number of nitrogens with zero attached hydrogens (tertiary/aromatic N) is 3. The Balaban J connectivity index is 1.31. The van der Waals surface area contributed by atoms with E-state index in [-0.39, 0.29) is 16.4 Å². The Morgan fingerprint density at radius 1 is 0.872 bits per heavy atom. The molecule has 0 bridgehead atoms. The van der Waals surface area contributed by atoms with Gasteiger partial charge in [-0.3, -0.25) is 9.59 Å². The van der Waals surface area contributed by atoms with Crippen molar-refractivity contribution in [2.24, 2.45) is 0 Å². The highest BCUT2D eigenvalue weighted by atomic mass is 32.2. The summed E-state index contributed by atoms with van der Waals surface area (Å²) in [5.74, 6) is -0.486. The molecule has 0 aliphatic heterocycles. The van der Waals surface area contributed by atoms with Crippen LogP contribution >= 0.6 is 0 Å². The Kier molecular flexibility index (Phi) is 6.54. The number of fused-ring (bicyclic) bond motifs is 1. The lowest BCUT2D eigenvalue weighted by Crippen LogP contribution is -2.33. The number of aryl methyl sites for hydroxylation is 2. The lowest BCUT2D eigenvalue weighted by Gasteiger charge is -2.10. The van der Waals surface area contributed by atoms with Gasteiger partial charge >= 0.3 is 5.69 Å². The van der Waals surface area contributed by atoms with E-state index in [4.69, 9.17) is 0 Å². The molecule has 0 fully saturated rings. The van der Waals surface area contributed by atoms with Gasteiger partial charge in [-0.15, -0.1) is 0 Å². The number of aromatic amines is 1. The molecule has 39 heavy (non-hydrogen) atoms. The topological polar surface area (TPSA) is 156 Å². The molecule has 3 N–H and O–H groups in total. The minimum absolute atomic E-state index is 0.0266. The van der Waals surface area contributed by atoms with Gasteiger partial charge in [0.25, 0.3) is 21.5 Å². The predicted octanol–water partition coefficient (Wildman–Crippen LogP) is 3.14. The monoisotopic (exact) mass is 542 g/mol. The highest BCUT2D eigenvalue weighted by Gasteiger charge is 2.17. The number of carbonyl (C=O) groups is 1. The van der Waals surface area contributed by atoms with Crippen molar-refractivity contribution in [2.45, 2.75) is 18.7 Å².